The van der Waals surface area contributed by atoms with E-state index in [-0.39, 0.29) is 96.7 Å². The Morgan fingerprint density at radius 2 is 0.740 bits per heavy atom. The molecule has 6 N–H and O–H groups in total. The molecule has 0 fully saturated rings. The summed E-state index contributed by atoms with van der Waals surface area (Å²) in [5.74, 6) is 0.679. The second kappa shape index (κ2) is 51.4. The lowest BCUT2D eigenvalue weighted by atomic mass is 10.1. The maximum absolute atomic E-state index is 12.8. The number of alkyl halides is 7. The number of nitrogens with zero attached hydrogens (tertiary/aromatic N) is 7. The molecule has 123 heavy (non-hydrogen) atoms. The molecule has 0 aliphatic rings. The van der Waals surface area contributed by atoms with Crippen LogP contribution in [0.3, 0.4) is 0 Å². The lowest BCUT2D eigenvalue weighted by Gasteiger charge is -2.11. The SMILES string of the molecule is Cc1onc(-c2c(Cl)cccc2Cl)c1C(=O)O.Cc1onc(-c2c(Cl)cccc2Cl)c1CCl.Cc1onc(-c2c(Cl)cccc2Cl)c1CO.Cc1onc(-c2c(Cl)cccc2Cl)c1COCCO.Cc1onc(-c2c(Cl)cccc2Cl)c1COCCOc1ccc(C(F)(F)F)cc1[N+](=O)[O-].O=S(Cl)Cl.O=[N+]([O-])c1cc(C(F)(F)F)ccc1O.OCCO.[B]. The van der Waals surface area contributed by atoms with Crippen LogP contribution in [0.4, 0.5) is 37.7 Å². The van der Waals surface area contributed by atoms with Gasteiger partial charge in [-0.15, -0.1) is 11.6 Å². The molecule has 0 aliphatic heterocycles. The maximum Gasteiger partial charge on any atom is 0.416 e. The second-order valence-corrected chi connectivity index (χ2v) is 30.4. The molecule has 7 aromatic carbocycles. The summed E-state index contributed by atoms with van der Waals surface area (Å²) < 4.78 is 125. The Morgan fingerprint density at radius 3 is 1.06 bits per heavy atom. The lowest BCUT2D eigenvalue weighted by molar-refractivity contribution is -0.386. The predicted octanol–water partition coefficient (Wildman–Crippen LogP) is 23.7. The molecule has 659 valence electrons. The summed E-state index contributed by atoms with van der Waals surface area (Å²) in [6.07, 6.45) is -9.36. The molecule has 5 aromatic heterocycles. The largest absolute Gasteiger partial charge is 0.502 e. The predicted molar refractivity (Wildman–Crippen MR) is 455 cm³/mol. The van der Waals surface area contributed by atoms with Crippen LogP contribution in [-0.2, 0) is 56.8 Å². The Labute approximate surface area is 762 Å². The maximum atomic E-state index is 12.8. The van der Waals surface area contributed by atoms with Gasteiger partial charge in [-0.1, -0.05) is 172 Å². The van der Waals surface area contributed by atoms with E-state index >= 15 is 0 Å². The quantitative estimate of drug-likeness (QED) is 0.00740. The van der Waals surface area contributed by atoms with Gasteiger partial charge in [-0.2, -0.15) is 26.3 Å². The average molecular weight is 2000 g/mol. The number of aromatic nitrogens is 5. The average Bonchev–Trinajstić information content (AvgIpc) is 1.64. The molecule has 0 amide bonds. The van der Waals surface area contributed by atoms with E-state index < -0.39 is 65.6 Å². The first kappa shape index (κ1) is 107. The van der Waals surface area contributed by atoms with Crippen LogP contribution in [0.15, 0.2) is 150 Å². The number of aromatic hydroxyl groups is 1. The van der Waals surface area contributed by atoms with Gasteiger partial charge in [0.25, 0.3) is 0 Å². The molecule has 48 heteroatoms. The summed E-state index contributed by atoms with van der Waals surface area (Å²) in [4.78, 5) is 30.4. The highest BCUT2D eigenvalue weighted by atomic mass is 36.0. The van der Waals surface area contributed by atoms with Crippen LogP contribution in [0.1, 0.15) is 72.5 Å². The fourth-order valence-electron chi connectivity index (χ4n) is 9.88. The van der Waals surface area contributed by atoms with Crippen molar-refractivity contribution < 1.29 is 113 Å². The normalized spacial score (nSPS) is 10.8. The number of phenolic OH excluding ortho intramolecular Hbond substituents is 1. The van der Waals surface area contributed by atoms with E-state index in [2.05, 4.69) is 47.1 Å². The molecule has 0 saturated heterocycles. The third-order valence-corrected chi connectivity index (χ3v) is 19.0. The summed E-state index contributed by atoms with van der Waals surface area (Å²) >= 11 is 66.9. The van der Waals surface area contributed by atoms with Crippen molar-refractivity contribution in [1.82, 2.24) is 25.8 Å². The minimum Gasteiger partial charge on any atom is -0.502 e. The van der Waals surface area contributed by atoms with E-state index in [1.807, 2.05) is 0 Å². The minimum absolute atomic E-state index is 0. The van der Waals surface area contributed by atoms with Crippen molar-refractivity contribution >= 4 is 184 Å². The lowest BCUT2D eigenvalue weighted by Crippen LogP contribution is -2.10. The first-order valence-corrected chi connectivity index (χ1v) is 40.8. The summed E-state index contributed by atoms with van der Waals surface area (Å²) in [5.41, 5.74) is 3.71. The highest BCUT2D eigenvalue weighted by Crippen LogP contribution is 2.44. The fraction of sp³-hybridized carbons (Fsp3) is 0.227. The van der Waals surface area contributed by atoms with Crippen molar-refractivity contribution in [2.75, 3.05) is 39.6 Å². The van der Waals surface area contributed by atoms with Crippen LogP contribution >= 0.6 is 149 Å². The van der Waals surface area contributed by atoms with Crippen LogP contribution in [0.5, 0.6) is 11.5 Å². The number of carbonyl (C=O) groups is 1. The molecule has 0 spiro atoms. The number of aliphatic hydroxyl groups is 4. The van der Waals surface area contributed by atoms with Crippen LogP contribution < -0.4 is 4.74 Å². The van der Waals surface area contributed by atoms with E-state index in [4.69, 9.17) is 194 Å². The number of hydrogen-bond acceptors (Lipinski definition) is 24. The Hall–Kier alpha value is -8.22. The van der Waals surface area contributed by atoms with Crippen molar-refractivity contribution in [1.29, 1.82) is 0 Å². The van der Waals surface area contributed by atoms with Crippen molar-refractivity contribution in [3.05, 3.63) is 266 Å². The van der Waals surface area contributed by atoms with Gasteiger partial charge in [0.05, 0.1) is 130 Å². The minimum atomic E-state index is -4.70. The van der Waals surface area contributed by atoms with E-state index in [0.717, 1.165) is 17.2 Å². The third-order valence-electron chi connectivity index (χ3n) is 15.6. The first-order chi connectivity index (χ1) is 57.5. The number of halogens is 19. The van der Waals surface area contributed by atoms with Gasteiger partial charge in [0, 0.05) is 92.0 Å². The van der Waals surface area contributed by atoms with E-state index in [0.29, 0.717) is 165 Å². The van der Waals surface area contributed by atoms with E-state index in [1.165, 1.54) is 6.92 Å². The van der Waals surface area contributed by atoms with Gasteiger partial charge in [-0.05, 0) is 120 Å². The van der Waals surface area contributed by atoms with Crippen LogP contribution in [0, 0.1) is 54.8 Å². The van der Waals surface area contributed by atoms with Crippen molar-refractivity contribution in [2.45, 2.75) is 72.7 Å². The van der Waals surface area contributed by atoms with Crippen LogP contribution in [0.25, 0.3) is 56.3 Å². The standard InChI is InChI=1S/C20H15Cl2F3N2O5.C13H13Cl2NO3.C11H8Cl3NO.C11H7Cl2NO3.C11H9Cl2NO2.C7H4F3NO3.C2H6O2.B.Cl2OS/c1-11-13(19(26-32-11)18-14(21)3-2-4-15(18)22)10-30-7-8-31-17-6-5-12(20(23,24)25)9-16(17)27(28)29;1-8-9(7-18-6-5-17)13(16-19-8)12-10(14)3-2-4-11(12)15;1-6-7(5-12)11(15-16-6)10-8(13)3-2-4-9(10)14;1-5-8(11(15)16)10(14-17-5)9-6(12)3-2-4-7(9)13;1-6-7(5-15)11(14-16-6)10-8(12)3-2-4-9(10)13;8-7(9,10)4-1-2-6(12)5(3-4)11(13)14;3-1-2-4;;1-4(2)3/h2-6,9H,7-8,10H2,1H3;2-4,17H,5-7H2,1H3;2-4H,5H2,1H3;2-4H,1H3,(H,15,16);2-4,15H,5H2,1H3;1-3,12H;3-4H,1-2H2;;. The van der Waals surface area contributed by atoms with Crippen LogP contribution in [0.2, 0.25) is 50.2 Å². The van der Waals surface area contributed by atoms with Gasteiger partial charge >= 0.3 is 29.7 Å². The number of rotatable bonds is 21. The number of carboxylic acids is 1. The van der Waals surface area contributed by atoms with Crippen molar-refractivity contribution in [3.63, 3.8) is 0 Å². The zero-order chi connectivity index (χ0) is 91.2. The van der Waals surface area contributed by atoms with Gasteiger partial charge in [-0.25, -0.2) is 9.00 Å². The third kappa shape index (κ3) is 30.8. The number of ether oxygens (including phenoxy) is 3. The Bertz CT molecular complexity index is 5350. The molecule has 3 radical (unpaired) electrons. The van der Waals surface area contributed by atoms with Gasteiger partial charge in [0.1, 0.15) is 69.4 Å². The number of aryl methyl sites for hydroxylation is 5. The highest BCUT2D eigenvalue weighted by molar-refractivity contribution is 8.26. The number of aliphatic hydroxyl groups excluding tert-OH is 4. The molecule has 0 saturated carbocycles. The molecule has 0 unspecified atom stereocenters. The Morgan fingerprint density at radius 1 is 0.447 bits per heavy atom. The zero-order valence-corrected chi connectivity index (χ0v) is 74.0. The summed E-state index contributed by atoms with van der Waals surface area (Å²) in [5, 5.41) is 96.4. The van der Waals surface area contributed by atoms with Gasteiger partial charge in [0.15, 0.2) is 11.5 Å². The summed E-state index contributed by atoms with van der Waals surface area (Å²) in [6.45, 7) is 8.51. The van der Waals surface area contributed by atoms with E-state index in [9.17, 15) is 56.5 Å². The highest BCUT2D eigenvalue weighted by Gasteiger charge is 2.35. The number of hydrogen-bond donors (Lipinski definition) is 6. The van der Waals surface area contributed by atoms with Crippen LogP contribution in [-0.4, -0.2) is 125 Å². The van der Waals surface area contributed by atoms with Gasteiger partial charge in [-0.3, -0.25) is 20.2 Å². The zero-order valence-electron chi connectivity index (χ0n) is 63.4. The molecular formula is C75H62BCl13F6N7O20S. The number of nitro benzene ring substituents is 2. The Balaban J connectivity index is 0.000000311. The fourth-order valence-corrected chi connectivity index (χ4v) is 13.1. The topological polar surface area (TPSA) is 400 Å². The molecule has 27 nitrogen and oxygen atoms in total. The van der Waals surface area contributed by atoms with Crippen molar-refractivity contribution in [3.8, 4) is 67.8 Å². The smallest absolute Gasteiger partial charge is 0.416 e. The summed E-state index contributed by atoms with van der Waals surface area (Å²) in [6, 6.07) is 29.1. The first-order valence-electron chi connectivity index (χ1n) is 33.7. The molecule has 5 heterocycles. The molecule has 12 rings (SSSR count). The number of nitro groups is 2. The second-order valence-electron chi connectivity index (χ2n) is 23.5. The number of benzene rings is 7. The summed E-state index contributed by atoms with van der Waals surface area (Å²) in [7, 11) is 7.36. The molecule has 0 aliphatic carbocycles. The molecule has 0 bridgehead atoms. The van der Waals surface area contributed by atoms with E-state index in [1.54, 1.807) is 119 Å². The van der Waals surface area contributed by atoms with Gasteiger partial charge in [0.2, 0.25) is 9.23 Å². The van der Waals surface area contributed by atoms with Gasteiger partial charge < -0.3 is 67.5 Å². The molecular weight excluding hydrogens is 1940 g/mol. The Kier molecular flexibility index (Phi) is 44.8. The monoisotopic (exact) mass is 1990 g/mol. The molecule has 12 aromatic rings. The number of aromatic carboxylic acids is 1. The number of carboxylic acid groups (broad SMARTS) is 1. The van der Waals surface area contributed by atoms with Crippen molar-refractivity contribution in [2.24, 2.45) is 0 Å². The number of phenols is 1. The molecule has 0 atom stereocenters.